The first kappa shape index (κ1) is 21.5. The van der Waals surface area contributed by atoms with Crippen LogP contribution in [0.25, 0.3) is 12.2 Å². The molecule has 2 unspecified atom stereocenters. The van der Waals surface area contributed by atoms with Gasteiger partial charge >= 0.3 is 0 Å². The molecule has 0 aliphatic heterocycles. The summed E-state index contributed by atoms with van der Waals surface area (Å²) in [6.07, 6.45) is 9.58. The molecular weight excluding hydrogens is 419 g/mol. The molecule has 0 saturated carbocycles. The van der Waals surface area contributed by atoms with Crippen LogP contribution in [-0.2, 0) is 12.1 Å². The van der Waals surface area contributed by atoms with Crippen molar-refractivity contribution in [2.45, 2.75) is 25.1 Å². The molecule has 9 heteroatoms. The number of rotatable bonds is 7. The lowest BCUT2D eigenvalue weighted by Gasteiger charge is -2.34. The summed E-state index contributed by atoms with van der Waals surface area (Å²) >= 11 is 0. The largest absolute Gasteiger partial charge is 0.381 e. The van der Waals surface area contributed by atoms with Crippen molar-refractivity contribution in [2.75, 3.05) is 0 Å². The van der Waals surface area contributed by atoms with Crippen molar-refractivity contribution < 1.29 is 18.3 Å². The number of benzene rings is 2. The van der Waals surface area contributed by atoms with Gasteiger partial charge < -0.3 is 5.11 Å². The predicted octanol–water partition coefficient (Wildman–Crippen LogP) is 4.21. The van der Waals surface area contributed by atoms with Crippen LogP contribution in [0.3, 0.4) is 0 Å². The number of aromatic nitrogens is 5. The number of hydrogen-bond acceptors (Lipinski definition) is 4. The molecule has 0 amide bonds. The standard InChI is InChI=1S/C23H20F3N5O/c1-16(31-12-18(11-28-31)3-2-17-4-6-19(24)7-5-17)23(32,13-30-15-27-14-29-30)21-9-8-20(25)10-22(21)26/h2-12,14-16,32H,13H2,1H3. The lowest BCUT2D eigenvalue weighted by Crippen LogP contribution is -2.40. The van der Waals surface area contributed by atoms with Gasteiger partial charge in [0.15, 0.2) is 0 Å². The Labute approximate surface area is 182 Å². The van der Waals surface area contributed by atoms with Gasteiger partial charge in [-0.05, 0) is 30.7 Å². The second kappa shape index (κ2) is 8.80. The monoisotopic (exact) mass is 439 g/mol. The Morgan fingerprint density at radius 1 is 1.00 bits per heavy atom. The maximum Gasteiger partial charge on any atom is 0.137 e. The Bertz CT molecular complexity index is 1220. The first-order valence-corrected chi connectivity index (χ1v) is 9.83. The Hall–Kier alpha value is -3.72. The minimum absolute atomic E-state index is 0.0826. The lowest BCUT2D eigenvalue weighted by molar-refractivity contribution is -0.0369. The average molecular weight is 439 g/mol. The zero-order valence-corrected chi connectivity index (χ0v) is 17.1. The zero-order chi connectivity index (χ0) is 22.7. The molecule has 0 fully saturated rings. The van der Waals surface area contributed by atoms with Crippen LogP contribution in [0.15, 0.2) is 67.5 Å². The molecule has 0 bridgehead atoms. The Morgan fingerprint density at radius 3 is 2.41 bits per heavy atom. The van der Waals surface area contributed by atoms with E-state index in [-0.39, 0.29) is 17.9 Å². The third-order valence-corrected chi connectivity index (χ3v) is 5.31. The summed E-state index contributed by atoms with van der Waals surface area (Å²) < 4.78 is 44.1. The van der Waals surface area contributed by atoms with Gasteiger partial charge in [0.1, 0.15) is 35.7 Å². The number of nitrogens with zero attached hydrogens (tertiary/aromatic N) is 5. The second-order valence-corrected chi connectivity index (χ2v) is 7.46. The van der Waals surface area contributed by atoms with E-state index >= 15 is 0 Å². The predicted molar refractivity (Wildman–Crippen MR) is 113 cm³/mol. The van der Waals surface area contributed by atoms with E-state index in [1.165, 1.54) is 40.2 Å². The molecule has 0 saturated heterocycles. The fourth-order valence-electron chi connectivity index (χ4n) is 3.48. The fraction of sp³-hybridized carbons (Fsp3) is 0.174. The molecule has 0 radical (unpaired) electrons. The van der Waals surface area contributed by atoms with Crippen LogP contribution in [0.5, 0.6) is 0 Å². The molecule has 164 valence electrons. The van der Waals surface area contributed by atoms with Crippen molar-refractivity contribution in [1.29, 1.82) is 0 Å². The van der Waals surface area contributed by atoms with Crippen molar-refractivity contribution in [2.24, 2.45) is 0 Å². The molecule has 4 rings (SSSR count). The maximum atomic E-state index is 14.7. The second-order valence-electron chi connectivity index (χ2n) is 7.46. The van der Waals surface area contributed by atoms with Crippen molar-refractivity contribution in [3.8, 4) is 0 Å². The average Bonchev–Trinajstić information content (AvgIpc) is 3.44. The van der Waals surface area contributed by atoms with Gasteiger partial charge in [-0.3, -0.25) is 4.68 Å². The Morgan fingerprint density at radius 2 is 1.72 bits per heavy atom. The van der Waals surface area contributed by atoms with Crippen molar-refractivity contribution in [3.63, 3.8) is 0 Å². The van der Waals surface area contributed by atoms with Crippen LogP contribution in [0.1, 0.15) is 29.7 Å². The Balaban J connectivity index is 1.65. The summed E-state index contributed by atoms with van der Waals surface area (Å²) in [5.74, 6) is -1.93. The molecule has 0 aliphatic carbocycles. The SMILES string of the molecule is CC(n1cc(C=Cc2ccc(F)cc2)cn1)C(O)(Cn1cncn1)c1ccc(F)cc1F. The molecule has 4 aromatic rings. The molecule has 6 nitrogen and oxygen atoms in total. The minimum Gasteiger partial charge on any atom is -0.381 e. The number of hydrogen-bond donors (Lipinski definition) is 1. The highest BCUT2D eigenvalue weighted by Gasteiger charge is 2.40. The van der Waals surface area contributed by atoms with Gasteiger partial charge in [-0.15, -0.1) is 0 Å². The van der Waals surface area contributed by atoms with Gasteiger partial charge in [0.2, 0.25) is 0 Å². The van der Waals surface area contributed by atoms with Crippen molar-refractivity contribution >= 4 is 12.2 Å². The molecule has 1 N–H and O–H groups in total. The Kier molecular flexibility index (Phi) is 5.91. The first-order valence-electron chi connectivity index (χ1n) is 9.83. The zero-order valence-electron chi connectivity index (χ0n) is 17.1. The smallest absolute Gasteiger partial charge is 0.137 e. The lowest BCUT2D eigenvalue weighted by atomic mass is 9.86. The van der Waals surface area contributed by atoms with E-state index < -0.39 is 23.3 Å². The summed E-state index contributed by atoms with van der Waals surface area (Å²) in [7, 11) is 0. The molecule has 0 aliphatic rings. The molecule has 2 heterocycles. The highest BCUT2D eigenvalue weighted by atomic mass is 19.1. The summed E-state index contributed by atoms with van der Waals surface area (Å²) in [5.41, 5.74) is -0.358. The van der Waals surface area contributed by atoms with Crippen LogP contribution in [0, 0.1) is 17.5 Å². The third-order valence-electron chi connectivity index (χ3n) is 5.31. The summed E-state index contributed by atoms with van der Waals surface area (Å²) in [6.45, 7) is 1.55. The topological polar surface area (TPSA) is 68.8 Å². The van der Waals surface area contributed by atoms with E-state index in [9.17, 15) is 18.3 Å². The molecule has 0 spiro atoms. The van der Waals surface area contributed by atoms with E-state index in [0.29, 0.717) is 0 Å². The highest BCUT2D eigenvalue weighted by Crippen LogP contribution is 2.36. The molecular formula is C23H20F3N5O. The van der Waals surface area contributed by atoms with Gasteiger partial charge in [-0.2, -0.15) is 10.2 Å². The maximum absolute atomic E-state index is 14.7. The molecule has 32 heavy (non-hydrogen) atoms. The summed E-state index contributed by atoms with van der Waals surface area (Å²) in [6, 6.07) is 8.32. The van der Waals surface area contributed by atoms with E-state index in [1.807, 2.05) is 0 Å². The van der Waals surface area contributed by atoms with Gasteiger partial charge in [-0.25, -0.2) is 22.8 Å². The highest BCUT2D eigenvalue weighted by molar-refractivity contribution is 5.68. The molecule has 2 atom stereocenters. The minimum atomic E-state index is -1.81. The quantitative estimate of drug-likeness (QED) is 0.468. The van der Waals surface area contributed by atoms with Crippen LogP contribution < -0.4 is 0 Å². The van der Waals surface area contributed by atoms with Crippen LogP contribution in [0.4, 0.5) is 13.2 Å². The number of aliphatic hydroxyl groups is 1. The summed E-state index contributed by atoms with van der Waals surface area (Å²) in [5, 5.41) is 19.9. The van der Waals surface area contributed by atoms with E-state index in [1.54, 1.807) is 43.6 Å². The summed E-state index contributed by atoms with van der Waals surface area (Å²) in [4.78, 5) is 3.86. The van der Waals surface area contributed by atoms with Crippen LogP contribution >= 0.6 is 0 Å². The van der Waals surface area contributed by atoms with Gasteiger partial charge in [0.05, 0.1) is 18.8 Å². The van der Waals surface area contributed by atoms with Crippen molar-refractivity contribution in [1.82, 2.24) is 24.5 Å². The van der Waals surface area contributed by atoms with Gasteiger partial charge in [0.25, 0.3) is 0 Å². The van der Waals surface area contributed by atoms with E-state index in [2.05, 4.69) is 15.2 Å². The first-order chi connectivity index (χ1) is 15.3. The van der Waals surface area contributed by atoms with Gasteiger partial charge in [-0.1, -0.05) is 30.4 Å². The van der Waals surface area contributed by atoms with Crippen molar-refractivity contribution in [3.05, 3.63) is 102 Å². The number of halogens is 3. The van der Waals surface area contributed by atoms with Crippen LogP contribution in [-0.4, -0.2) is 29.7 Å². The molecule has 2 aromatic heterocycles. The van der Waals surface area contributed by atoms with Gasteiger partial charge in [0, 0.05) is 23.4 Å². The van der Waals surface area contributed by atoms with E-state index in [4.69, 9.17) is 0 Å². The van der Waals surface area contributed by atoms with Crippen LogP contribution in [0.2, 0.25) is 0 Å². The fourth-order valence-corrected chi connectivity index (χ4v) is 3.48. The normalized spacial score (nSPS) is 14.5. The van der Waals surface area contributed by atoms with E-state index in [0.717, 1.165) is 23.3 Å². The third kappa shape index (κ3) is 4.47. The molecule has 2 aromatic carbocycles.